The summed E-state index contributed by atoms with van der Waals surface area (Å²) in [4.78, 5) is 12.6. The number of rotatable bonds is 3. The maximum atomic E-state index is 12.6. The second-order valence-electron chi connectivity index (χ2n) is 5.21. The SMILES string of the molecule is C=C[C@H](c1ccccc1)[C@]1(O)Cc2ccccc2C1=O. The molecule has 3 rings (SSSR count). The maximum Gasteiger partial charge on any atom is 0.195 e. The number of benzene rings is 2. The van der Waals surface area contributed by atoms with E-state index in [0.29, 0.717) is 12.0 Å². The van der Waals surface area contributed by atoms with Gasteiger partial charge >= 0.3 is 0 Å². The zero-order valence-electron chi connectivity index (χ0n) is 11.1. The molecule has 2 atom stereocenters. The van der Waals surface area contributed by atoms with Crippen LogP contribution in [0.4, 0.5) is 0 Å². The van der Waals surface area contributed by atoms with E-state index in [-0.39, 0.29) is 5.78 Å². The van der Waals surface area contributed by atoms with Gasteiger partial charge in [0.05, 0.1) is 0 Å². The third-order valence-corrected chi connectivity index (χ3v) is 4.02. The van der Waals surface area contributed by atoms with Gasteiger partial charge in [0, 0.05) is 17.9 Å². The van der Waals surface area contributed by atoms with Crippen LogP contribution in [0.25, 0.3) is 0 Å². The van der Waals surface area contributed by atoms with E-state index in [2.05, 4.69) is 6.58 Å². The minimum absolute atomic E-state index is 0.207. The second-order valence-corrected chi connectivity index (χ2v) is 5.21. The van der Waals surface area contributed by atoms with Crippen molar-refractivity contribution in [3.05, 3.63) is 83.9 Å². The summed E-state index contributed by atoms with van der Waals surface area (Å²) in [5, 5.41) is 11.0. The molecule has 2 nitrogen and oxygen atoms in total. The highest BCUT2D eigenvalue weighted by molar-refractivity contribution is 6.07. The van der Waals surface area contributed by atoms with Crippen LogP contribution in [-0.4, -0.2) is 16.5 Å². The van der Waals surface area contributed by atoms with Gasteiger partial charge in [0.1, 0.15) is 5.60 Å². The Kier molecular flexibility index (Phi) is 3.03. The minimum Gasteiger partial charge on any atom is -0.380 e. The van der Waals surface area contributed by atoms with Gasteiger partial charge in [0.15, 0.2) is 5.78 Å². The Morgan fingerprint density at radius 3 is 2.40 bits per heavy atom. The monoisotopic (exact) mass is 264 g/mol. The molecule has 0 amide bonds. The molecule has 0 heterocycles. The van der Waals surface area contributed by atoms with Crippen molar-refractivity contribution in [2.45, 2.75) is 17.9 Å². The summed E-state index contributed by atoms with van der Waals surface area (Å²) in [6.45, 7) is 3.81. The molecule has 2 aromatic carbocycles. The second kappa shape index (κ2) is 4.73. The molecule has 0 aromatic heterocycles. The van der Waals surface area contributed by atoms with Gasteiger partial charge in [0.25, 0.3) is 0 Å². The summed E-state index contributed by atoms with van der Waals surface area (Å²) in [5.41, 5.74) is 1.01. The molecule has 20 heavy (non-hydrogen) atoms. The smallest absolute Gasteiger partial charge is 0.195 e. The van der Waals surface area contributed by atoms with Crippen LogP contribution in [0.2, 0.25) is 0 Å². The Morgan fingerprint density at radius 2 is 1.75 bits per heavy atom. The minimum atomic E-state index is -1.42. The fourth-order valence-electron chi connectivity index (χ4n) is 3.02. The summed E-state index contributed by atoms with van der Waals surface area (Å²) in [6, 6.07) is 17.0. The lowest BCUT2D eigenvalue weighted by Gasteiger charge is -2.29. The molecule has 2 heteroatoms. The molecule has 0 saturated heterocycles. The highest BCUT2D eigenvalue weighted by Gasteiger charge is 2.48. The fourth-order valence-corrected chi connectivity index (χ4v) is 3.02. The Morgan fingerprint density at radius 1 is 1.10 bits per heavy atom. The first-order valence-corrected chi connectivity index (χ1v) is 6.69. The number of fused-ring (bicyclic) bond motifs is 1. The number of ketones is 1. The maximum absolute atomic E-state index is 12.6. The quantitative estimate of drug-likeness (QED) is 0.865. The Bertz CT molecular complexity index is 660. The highest BCUT2D eigenvalue weighted by Crippen LogP contribution is 2.40. The molecule has 2 aromatic rings. The zero-order chi connectivity index (χ0) is 14.2. The van der Waals surface area contributed by atoms with E-state index in [9.17, 15) is 9.90 Å². The molecular formula is C18H16O2. The summed E-state index contributed by atoms with van der Waals surface area (Å²) < 4.78 is 0. The average molecular weight is 264 g/mol. The number of carbonyl (C=O) groups is 1. The van der Waals surface area contributed by atoms with E-state index in [1.165, 1.54) is 0 Å². The lowest BCUT2D eigenvalue weighted by Crippen LogP contribution is -2.41. The van der Waals surface area contributed by atoms with E-state index in [1.54, 1.807) is 12.1 Å². The number of hydrogen-bond donors (Lipinski definition) is 1. The van der Waals surface area contributed by atoms with Crippen molar-refractivity contribution >= 4 is 5.78 Å². The van der Waals surface area contributed by atoms with Gasteiger partial charge < -0.3 is 5.11 Å². The Hall–Kier alpha value is -2.19. The molecule has 0 spiro atoms. The molecule has 0 fully saturated rings. The van der Waals surface area contributed by atoms with E-state index in [0.717, 1.165) is 11.1 Å². The van der Waals surface area contributed by atoms with Gasteiger partial charge in [-0.05, 0) is 11.1 Å². The van der Waals surface area contributed by atoms with E-state index >= 15 is 0 Å². The molecule has 0 radical (unpaired) electrons. The van der Waals surface area contributed by atoms with Crippen molar-refractivity contribution in [2.75, 3.05) is 0 Å². The molecule has 0 bridgehead atoms. The average Bonchev–Trinajstić information content (AvgIpc) is 2.74. The molecule has 100 valence electrons. The standard InChI is InChI=1S/C18H16O2/c1-2-16(13-8-4-3-5-9-13)18(20)12-14-10-6-7-11-15(14)17(18)19/h2-11,16,20H,1,12H2/t16-,18-/m1/s1. The molecular weight excluding hydrogens is 248 g/mol. The third-order valence-electron chi connectivity index (χ3n) is 4.02. The van der Waals surface area contributed by atoms with Crippen LogP contribution in [0.5, 0.6) is 0 Å². The van der Waals surface area contributed by atoms with Crippen molar-refractivity contribution < 1.29 is 9.90 Å². The largest absolute Gasteiger partial charge is 0.380 e. The van der Waals surface area contributed by atoms with Crippen LogP contribution in [0.1, 0.15) is 27.4 Å². The summed E-state index contributed by atoms with van der Waals surface area (Å²) in [7, 11) is 0. The third kappa shape index (κ3) is 1.81. The van der Waals surface area contributed by atoms with Gasteiger partial charge in [-0.15, -0.1) is 6.58 Å². The molecule has 0 unspecified atom stereocenters. The van der Waals surface area contributed by atoms with Gasteiger partial charge in [-0.3, -0.25) is 4.79 Å². The first-order valence-electron chi connectivity index (χ1n) is 6.69. The van der Waals surface area contributed by atoms with Crippen LogP contribution in [0.3, 0.4) is 0 Å². The van der Waals surface area contributed by atoms with Crippen LogP contribution >= 0.6 is 0 Å². The van der Waals surface area contributed by atoms with Crippen molar-refractivity contribution in [3.8, 4) is 0 Å². The van der Waals surface area contributed by atoms with E-state index in [4.69, 9.17) is 0 Å². The topological polar surface area (TPSA) is 37.3 Å². The summed E-state index contributed by atoms with van der Waals surface area (Å²) >= 11 is 0. The van der Waals surface area contributed by atoms with Crippen LogP contribution < -0.4 is 0 Å². The van der Waals surface area contributed by atoms with Crippen molar-refractivity contribution in [1.82, 2.24) is 0 Å². The molecule has 1 aliphatic carbocycles. The molecule has 1 aliphatic rings. The fraction of sp³-hybridized carbons (Fsp3) is 0.167. The molecule has 0 saturated carbocycles. The normalized spacial score (nSPS) is 22.4. The van der Waals surface area contributed by atoms with Gasteiger partial charge in [-0.1, -0.05) is 60.7 Å². The number of aliphatic hydroxyl groups is 1. The highest BCUT2D eigenvalue weighted by atomic mass is 16.3. The number of hydrogen-bond acceptors (Lipinski definition) is 2. The Labute approximate surface area is 118 Å². The lowest BCUT2D eigenvalue weighted by atomic mass is 9.79. The molecule has 0 aliphatic heterocycles. The number of carbonyl (C=O) groups excluding carboxylic acids is 1. The van der Waals surface area contributed by atoms with Gasteiger partial charge in [-0.2, -0.15) is 0 Å². The summed E-state index contributed by atoms with van der Waals surface area (Å²) in [5.74, 6) is -0.606. The van der Waals surface area contributed by atoms with Gasteiger partial charge in [-0.25, -0.2) is 0 Å². The van der Waals surface area contributed by atoms with E-state index in [1.807, 2.05) is 48.5 Å². The predicted octanol–water partition coefficient (Wildman–Crippen LogP) is 3.13. The Balaban J connectivity index is 2.06. The molecule has 1 N–H and O–H groups in total. The van der Waals surface area contributed by atoms with Crippen LogP contribution in [0, 0.1) is 0 Å². The predicted molar refractivity (Wildman–Crippen MR) is 78.8 cm³/mol. The van der Waals surface area contributed by atoms with E-state index < -0.39 is 11.5 Å². The van der Waals surface area contributed by atoms with Crippen molar-refractivity contribution in [3.63, 3.8) is 0 Å². The number of Topliss-reactive ketones (excluding diaryl/α,β-unsaturated/α-hetero) is 1. The summed E-state index contributed by atoms with van der Waals surface area (Å²) in [6.07, 6.45) is 2.01. The van der Waals surface area contributed by atoms with Crippen LogP contribution in [0.15, 0.2) is 67.3 Å². The van der Waals surface area contributed by atoms with Crippen molar-refractivity contribution in [1.29, 1.82) is 0 Å². The first-order chi connectivity index (χ1) is 9.66. The zero-order valence-corrected chi connectivity index (χ0v) is 11.1. The van der Waals surface area contributed by atoms with Gasteiger partial charge in [0.2, 0.25) is 0 Å². The van der Waals surface area contributed by atoms with Crippen LogP contribution in [-0.2, 0) is 6.42 Å². The first kappa shape index (κ1) is 12.8. The van der Waals surface area contributed by atoms with Crippen molar-refractivity contribution in [2.24, 2.45) is 0 Å². The lowest BCUT2D eigenvalue weighted by molar-refractivity contribution is 0.0300.